The predicted octanol–water partition coefficient (Wildman–Crippen LogP) is 5.00. The molecule has 1 aromatic carbocycles. The Morgan fingerprint density at radius 2 is 1.77 bits per heavy atom. The van der Waals surface area contributed by atoms with Gasteiger partial charge in [-0.2, -0.15) is 0 Å². The molecule has 26 heavy (non-hydrogen) atoms. The highest BCUT2D eigenvalue weighted by Crippen LogP contribution is 2.38. The van der Waals surface area contributed by atoms with Gasteiger partial charge in [-0.1, -0.05) is 32.9 Å². The van der Waals surface area contributed by atoms with Gasteiger partial charge >= 0.3 is 5.97 Å². The number of benzene rings is 1. The van der Waals surface area contributed by atoms with Crippen LogP contribution in [0.5, 0.6) is 0 Å². The number of aryl methyl sites for hydroxylation is 1. The van der Waals surface area contributed by atoms with Gasteiger partial charge in [0.1, 0.15) is 5.60 Å². The van der Waals surface area contributed by atoms with E-state index in [1.165, 1.54) is 0 Å². The lowest BCUT2D eigenvalue weighted by Gasteiger charge is -2.20. The molecule has 1 aliphatic rings. The number of hydrogen-bond donors (Lipinski definition) is 0. The first kappa shape index (κ1) is 18.4. The van der Waals surface area contributed by atoms with E-state index in [4.69, 9.17) is 4.74 Å². The number of esters is 1. The number of carbonyl (C=O) groups is 2. The van der Waals surface area contributed by atoms with Crippen LogP contribution in [0.1, 0.15) is 63.9 Å². The second-order valence-electron chi connectivity index (χ2n) is 8.98. The van der Waals surface area contributed by atoms with Gasteiger partial charge in [0.2, 0.25) is 5.91 Å². The van der Waals surface area contributed by atoms with Crippen molar-refractivity contribution in [1.82, 2.24) is 4.57 Å². The Hall–Kier alpha value is -2.36. The lowest BCUT2D eigenvalue weighted by Crippen LogP contribution is -2.26. The molecule has 3 rings (SSSR count). The molecule has 4 heteroatoms. The van der Waals surface area contributed by atoms with E-state index in [9.17, 15) is 9.59 Å². The minimum atomic E-state index is -0.511. The molecule has 0 saturated heterocycles. The van der Waals surface area contributed by atoms with Crippen LogP contribution < -0.4 is 0 Å². The van der Waals surface area contributed by atoms with Crippen LogP contribution in [0.15, 0.2) is 30.5 Å². The molecule has 1 aliphatic carbocycles. The molecule has 1 aromatic heterocycles. The van der Waals surface area contributed by atoms with Gasteiger partial charge in [-0.25, -0.2) is 4.79 Å². The minimum Gasteiger partial charge on any atom is -0.457 e. The molecular weight excluding hydrogens is 326 g/mol. The first-order chi connectivity index (χ1) is 12.0. The Bertz CT molecular complexity index is 917. The molecule has 4 nitrogen and oxygen atoms in total. The Morgan fingerprint density at radius 3 is 2.38 bits per heavy atom. The maximum atomic E-state index is 12.8. The van der Waals surface area contributed by atoms with E-state index in [2.05, 4.69) is 0 Å². The number of hydrogen-bond acceptors (Lipinski definition) is 3. The van der Waals surface area contributed by atoms with Gasteiger partial charge in [-0.15, -0.1) is 0 Å². The van der Waals surface area contributed by atoms with Crippen molar-refractivity contribution >= 4 is 28.4 Å². The van der Waals surface area contributed by atoms with E-state index in [1.807, 2.05) is 65.9 Å². The Balaban J connectivity index is 2.09. The van der Waals surface area contributed by atoms with Gasteiger partial charge in [-0.05, 0) is 56.4 Å². The third-order valence-corrected chi connectivity index (χ3v) is 4.48. The third-order valence-electron chi connectivity index (χ3n) is 4.48. The summed E-state index contributed by atoms with van der Waals surface area (Å²) in [5.41, 5.74) is 3.10. The molecule has 0 fully saturated rings. The van der Waals surface area contributed by atoms with Gasteiger partial charge in [0.25, 0.3) is 0 Å². The van der Waals surface area contributed by atoms with Crippen LogP contribution in [0, 0.1) is 5.41 Å². The predicted molar refractivity (Wildman–Crippen MR) is 104 cm³/mol. The maximum Gasteiger partial charge on any atom is 0.331 e. The van der Waals surface area contributed by atoms with Crippen LogP contribution >= 0.6 is 0 Å². The lowest BCUT2D eigenvalue weighted by molar-refractivity contribution is -0.148. The summed E-state index contributed by atoms with van der Waals surface area (Å²) in [5.74, 6) is -0.247. The summed E-state index contributed by atoms with van der Waals surface area (Å²) in [7, 11) is 0. The third kappa shape index (κ3) is 3.46. The van der Waals surface area contributed by atoms with Crippen LogP contribution in [0.4, 0.5) is 0 Å². The van der Waals surface area contributed by atoms with Crippen LogP contribution in [0.25, 0.3) is 16.5 Å². The lowest BCUT2D eigenvalue weighted by atomic mass is 9.88. The average Bonchev–Trinajstić information content (AvgIpc) is 2.87. The van der Waals surface area contributed by atoms with Crippen molar-refractivity contribution in [2.24, 2.45) is 5.41 Å². The molecule has 0 unspecified atom stereocenters. The highest BCUT2D eigenvalue weighted by Gasteiger charge is 2.28. The first-order valence-corrected chi connectivity index (χ1v) is 9.09. The molecule has 0 aliphatic heterocycles. The Kier molecular flexibility index (Phi) is 4.33. The summed E-state index contributed by atoms with van der Waals surface area (Å²) in [4.78, 5) is 25.1. The zero-order valence-electron chi connectivity index (χ0n) is 16.5. The minimum absolute atomic E-state index is 0.0745. The van der Waals surface area contributed by atoms with Crippen molar-refractivity contribution in [3.63, 3.8) is 0 Å². The summed E-state index contributed by atoms with van der Waals surface area (Å²) < 4.78 is 7.21. The number of carbonyl (C=O) groups excluding carboxylic acids is 2. The molecule has 0 atom stereocenters. The standard InChI is InChI=1S/C22H27NO3/c1-21(2,3)20(25)23-13-15-11-10-14(12-18(24)26-22(4,5)6)16-8-7-9-17(23)19(15)16/h7-9,12-13H,10-11H2,1-6H3. The van der Waals surface area contributed by atoms with Crippen LogP contribution in [-0.4, -0.2) is 22.0 Å². The summed E-state index contributed by atoms with van der Waals surface area (Å²) in [5, 5.41) is 1.08. The maximum absolute atomic E-state index is 12.8. The molecule has 138 valence electrons. The number of aromatic nitrogens is 1. The zero-order chi connectivity index (χ0) is 19.3. The number of allylic oxidation sites excluding steroid dienone is 1. The summed E-state index contributed by atoms with van der Waals surface area (Å²) in [6, 6.07) is 5.94. The van der Waals surface area contributed by atoms with Crippen molar-refractivity contribution in [2.45, 2.75) is 60.0 Å². The molecule has 0 spiro atoms. The van der Waals surface area contributed by atoms with Crippen LogP contribution in [0.3, 0.4) is 0 Å². The van der Waals surface area contributed by atoms with Crippen molar-refractivity contribution in [2.75, 3.05) is 0 Å². The van der Waals surface area contributed by atoms with Crippen LogP contribution in [-0.2, 0) is 16.0 Å². The normalized spacial score (nSPS) is 16.2. The smallest absolute Gasteiger partial charge is 0.331 e. The van der Waals surface area contributed by atoms with E-state index >= 15 is 0 Å². The molecule has 0 N–H and O–H groups in total. The van der Waals surface area contributed by atoms with E-state index in [-0.39, 0.29) is 11.9 Å². The topological polar surface area (TPSA) is 48.3 Å². The fraction of sp³-hybridized carbons (Fsp3) is 0.455. The molecular formula is C22H27NO3. The number of rotatable bonds is 1. The number of ether oxygens (including phenoxy) is 1. The first-order valence-electron chi connectivity index (χ1n) is 9.09. The Morgan fingerprint density at radius 1 is 1.08 bits per heavy atom. The molecule has 0 bridgehead atoms. The molecule has 0 amide bonds. The molecule has 1 heterocycles. The van der Waals surface area contributed by atoms with Gasteiger partial charge in [0.05, 0.1) is 5.52 Å². The summed E-state index contributed by atoms with van der Waals surface area (Å²) in [6.07, 6.45) is 5.14. The zero-order valence-corrected chi connectivity index (χ0v) is 16.5. The van der Waals surface area contributed by atoms with Crippen molar-refractivity contribution in [3.05, 3.63) is 41.6 Å². The van der Waals surface area contributed by atoms with Gasteiger partial charge in [-0.3, -0.25) is 9.36 Å². The van der Waals surface area contributed by atoms with Gasteiger partial charge in [0, 0.05) is 23.1 Å². The van der Waals surface area contributed by atoms with Crippen LogP contribution in [0.2, 0.25) is 0 Å². The quantitative estimate of drug-likeness (QED) is 0.535. The van der Waals surface area contributed by atoms with E-state index in [0.717, 1.165) is 40.4 Å². The van der Waals surface area contributed by atoms with Gasteiger partial charge in [0.15, 0.2) is 0 Å². The van der Waals surface area contributed by atoms with Crippen molar-refractivity contribution in [1.29, 1.82) is 0 Å². The fourth-order valence-corrected chi connectivity index (χ4v) is 3.38. The monoisotopic (exact) mass is 353 g/mol. The number of nitrogens with zero attached hydrogens (tertiary/aromatic N) is 1. The summed E-state index contributed by atoms with van der Waals surface area (Å²) >= 11 is 0. The largest absolute Gasteiger partial charge is 0.457 e. The van der Waals surface area contributed by atoms with E-state index in [0.29, 0.717) is 0 Å². The Labute approximate surface area is 154 Å². The highest BCUT2D eigenvalue weighted by atomic mass is 16.6. The summed E-state index contributed by atoms with van der Waals surface area (Å²) in [6.45, 7) is 11.4. The second-order valence-corrected chi connectivity index (χ2v) is 8.98. The van der Waals surface area contributed by atoms with E-state index in [1.54, 1.807) is 10.6 Å². The second kappa shape index (κ2) is 6.11. The van der Waals surface area contributed by atoms with E-state index < -0.39 is 11.0 Å². The molecule has 2 aromatic rings. The van der Waals surface area contributed by atoms with Crippen molar-refractivity contribution < 1.29 is 14.3 Å². The van der Waals surface area contributed by atoms with Gasteiger partial charge < -0.3 is 4.74 Å². The SMILES string of the molecule is CC(C)(C)OC(=O)C=C1CCc2cn(C(=O)C(C)(C)C)c3cccc1c23. The highest BCUT2D eigenvalue weighted by molar-refractivity contribution is 6.05. The molecule has 0 saturated carbocycles. The molecule has 0 radical (unpaired) electrons. The fourth-order valence-electron chi connectivity index (χ4n) is 3.38. The van der Waals surface area contributed by atoms with Crippen molar-refractivity contribution in [3.8, 4) is 0 Å². The average molecular weight is 353 g/mol.